The molecule has 2 heterocycles. The number of aromatic nitrogens is 2. The molecule has 4 nitrogen and oxygen atoms in total. The van der Waals surface area contributed by atoms with Gasteiger partial charge >= 0.3 is 0 Å². The van der Waals surface area contributed by atoms with Gasteiger partial charge in [-0.2, -0.15) is 0 Å². The van der Waals surface area contributed by atoms with Crippen molar-refractivity contribution in [2.75, 3.05) is 6.54 Å². The van der Waals surface area contributed by atoms with Crippen molar-refractivity contribution < 1.29 is 4.43 Å². The number of hydrogen-bond donors (Lipinski definition) is 1. The van der Waals surface area contributed by atoms with E-state index in [1.807, 2.05) is 5.38 Å². The van der Waals surface area contributed by atoms with Crippen LogP contribution in [0.15, 0.2) is 17.8 Å². The second-order valence-corrected chi connectivity index (χ2v) is 13.1. The molecule has 2 rings (SSSR count). The first-order valence-corrected chi connectivity index (χ1v) is 13.3. The molecule has 1 N–H and O–H groups in total. The van der Waals surface area contributed by atoms with Crippen molar-refractivity contribution >= 4 is 54.5 Å². The Morgan fingerprint density at radius 1 is 1.12 bits per heavy atom. The lowest BCUT2D eigenvalue weighted by molar-refractivity contribution is 0.186. The largest absolute Gasteiger partial charge is 0.409 e. The van der Waals surface area contributed by atoms with Gasteiger partial charge in [0.05, 0.1) is 21.8 Å². The third-order valence-corrected chi connectivity index (χ3v) is 11.0. The van der Waals surface area contributed by atoms with Gasteiger partial charge in [0.1, 0.15) is 0 Å². The van der Waals surface area contributed by atoms with Crippen molar-refractivity contribution in [2.24, 2.45) is 0 Å². The van der Waals surface area contributed by atoms with E-state index in [4.69, 9.17) is 39.2 Å². The highest BCUT2D eigenvalue weighted by atomic mass is 35.5. The van der Waals surface area contributed by atoms with Crippen LogP contribution in [0.5, 0.6) is 0 Å². The maximum absolute atomic E-state index is 6.71. The summed E-state index contributed by atoms with van der Waals surface area (Å²) in [5.74, 6) is 0. The number of rotatable bonds is 10. The minimum absolute atomic E-state index is 0.223. The van der Waals surface area contributed by atoms with Crippen LogP contribution < -0.4 is 5.32 Å². The highest BCUT2D eigenvalue weighted by Gasteiger charge is 2.34. The molecule has 0 aliphatic carbocycles. The van der Waals surface area contributed by atoms with Crippen LogP contribution in [-0.2, 0) is 11.0 Å². The van der Waals surface area contributed by atoms with E-state index in [1.54, 1.807) is 12.4 Å². The van der Waals surface area contributed by atoms with Crippen LogP contribution in [0.2, 0.25) is 32.6 Å². The summed E-state index contributed by atoms with van der Waals surface area (Å²) >= 11 is 20.2. The molecular formula is C17H24Cl3N3OSSi. The molecule has 144 valence electrons. The Bertz CT molecular complexity index is 684. The van der Waals surface area contributed by atoms with Crippen LogP contribution in [0, 0.1) is 0 Å². The van der Waals surface area contributed by atoms with Gasteiger partial charge < -0.3 is 9.74 Å². The normalized spacial score (nSPS) is 13.2. The number of thiazole rings is 1. The monoisotopic (exact) mass is 451 g/mol. The van der Waals surface area contributed by atoms with Crippen LogP contribution in [0.4, 0.5) is 0 Å². The number of pyridine rings is 1. The first-order chi connectivity index (χ1) is 12.4. The molecule has 0 saturated heterocycles. The summed E-state index contributed by atoms with van der Waals surface area (Å²) in [7, 11) is -1.85. The van der Waals surface area contributed by atoms with E-state index in [9.17, 15) is 0 Å². The predicted molar refractivity (Wildman–Crippen MR) is 114 cm³/mol. The number of nitrogens with zero attached hydrogens (tertiary/aromatic N) is 2. The summed E-state index contributed by atoms with van der Waals surface area (Å²) in [6, 6.07) is 3.16. The second kappa shape index (κ2) is 10.4. The molecule has 1 atom stereocenters. The zero-order valence-electron chi connectivity index (χ0n) is 15.2. The molecule has 0 amide bonds. The minimum atomic E-state index is -1.85. The second-order valence-electron chi connectivity index (χ2n) is 6.09. The maximum Gasteiger partial charge on any atom is 0.192 e. The summed E-state index contributed by atoms with van der Waals surface area (Å²) < 4.78 is 7.26. The molecule has 0 spiro atoms. The zero-order valence-corrected chi connectivity index (χ0v) is 19.3. The average molecular weight is 453 g/mol. The molecule has 0 aromatic carbocycles. The molecule has 0 bridgehead atoms. The summed E-state index contributed by atoms with van der Waals surface area (Å²) in [5, 5.41) is 6.42. The van der Waals surface area contributed by atoms with Crippen LogP contribution in [0.25, 0.3) is 0 Å². The van der Waals surface area contributed by atoms with E-state index in [0.29, 0.717) is 27.6 Å². The minimum Gasteiger partial charge on any atom is -0.409 e. The molecule has 0 fully saturated rings. The standard InChI is InChI=1S/C17H24Cl3N3OSSi/c1-4-26(5-2,6-3)24-15(16-13(18)8-22-9-14(16)19)10-21-7-12-11-25-17(20)23-12/h8-9,11,15,21H,4-7,10H2,1-3H3. The van der Waals surface area contributed by atoms with Crippen LogP contribution in [0.1, 0.15) is 38.1 Å². The summed E-state index contributed by atoms with van der Waals surface area (Å²) in [5.41, 5.74) is 1.72. The molecule has 0 radical (unpaired) electrons. The van der Waals surface area contributed by atoms with Gasteiger partial charge in [0, 0.05) is 36.4 Å². The van der Waals surface area contributed by atoms with Gasteiger partial charge in [-0.25, -0.2) is 4.98 Å². The SMILES string of the molecule is CC[Si](CC)(CC)OC(CNCc1csc(Cl)n1)c1c(Cl)cncc1Cl. The molecular weight excluding hydrogens is 429 g/mol. The Morgan fingerprint density at radius 2 is 1.73 bits per heavy atom. The van der Waals surface area contributed by atoms with E-state index in [2.05, 4.69) is 36.1 Å². The van der Waals surface area contributed by atoms with Gasteiger partial charge in [-0.15, -0.1) is 11.3 Å². The fraction of sp³-hybridized carbons (Fsp3) is 0.529. The number of hydrogen-bond acceptors (Lipinski definition) is 5. The third-order valence-electron chi connectivity index (χ3n) is 4.70. The molecule has 1 unspecified atom stereocenters. The van der Waals surface area contributed by atoms with Crippen molar-refractivity contribution in [2.45, 2.75) is 51.6 Å². The Hall–Kier alpha value is -0.213. The Balaban J connectivity index is 2.20. The Morgan fingerprint density at radius 3 is 2.23 bits per heavy atom. The fourth-order valence-electron chi connectivity index (χ4n) is 2.93. The van der Waals surface area contributed by atoms with Crippen molar-refractivity contribution in [1.29, 1.82) is 0 Å². The fourth-order valence-corrected chi connectivity index (χ4v) is 7.12. The number of halogens is 3. The molecule has 0 aliphatic rings. The highest BCUT2D eigenvalue weighted by molar-refractivity contribution is 7.13. The Kier molecular flexibility index (Phi) is 8.80. The molecule has 26 heavy (non-hydrogen) atoms. The maximum atomic E-state index is 6.71. The van der Waals surface area contributed by atoms with Crippen LogP contribution >= 0.6 is 46.1 Å². The first kappa shape index (κ1) is 22.1. The van der Waals surface area contributed by atoms with Gasteiger partial charge in [-0.05, 0) is 18.1 Å². The first-order valence-electron chi connectivity index (χ1n) is 8.72. The smallest absolute Gasteiger partial charge is 0.192 e. The molecule has 9 heteroatoms. The lowest BCUT2D eigenvalue weighted by atomic mass is 10.1. The van der Waals surface area contributed by atoms with Gasteiger partial charge in [0.25, 0.3) is 0 Å². The number of nitrogens with one attached hydrogen (secondary N) is 1. The van der Waals surface area contributed by atoms with Crippen LogP contribution in [0.3, 0.4) is 0 Å². The molecule has 0 saturated carbocycles. The van der Waals surface area contributed by atoms with E-state index in [-0.39, 0.29) is 6.10 Å². The zero-order chi connectivity index (χ0) is 19.2. The molecule has 2 aromatic heterocycles. The van der Waals surface area contributed by atoms with Crippen molar-refractivity contribution in [3.05, 3.63) is 43.5 Å². The van der Waals surface area contributed by atoms with Crippen molar-refractivity contribution in [3.8, 4) is 0 Å². The third kappa shape index (κ3) is 5.64. The van der Waals surface area contributed by atoms with Crippen molar-refractivity contribution in [3.63, 3.8) is 0 Å². The summed E-state index contributed by atoms with van der Waals surface area (Å²) in [6.45, 7) is 7.82. The lowest BCUT2D eigenvalue weighted by Crippen LogP contribution is -2.40. The summed E-state index contributed by atoms with van der Waals surface area (Å²) in [4.78, 5) is 8.33. The average Bonchev–Trinajstić information content (AvgIpc) is 3.04. The van der Waals surface area contributed by atoms with Gasteiger partial charge in [0.15, 0.2) is 12.8 Å². The van der Waals surface area contributed by atoms with E-state index < -0.39 is 8.32 Å². The van der Waals surface area contributed by atoms with Crippen LogP contribution in [-0.4, -0.2) is 24.8 Å². The van der Waals surface area contributed by atoms with E-state index in [0.717, 1.165) is 29.4 Å². The van der Waals surface area contributed by atoms with Gasteiger partial charge in [0.2, 0.25) is 0 Å². The molecule has 2 aromatic rings. The molecule has 0 aliphatic heterocycles. The highest BCUT2D eigenvalue weighted by Crippen LogP contribution is 2.36. The van der Waals surface area contributed by atoms with E-state index >= 15 is 0 Å². The van der Waals surface area contributed by atoms with Gasteiger partial charge in [-0.3, -0.25) is 4.98 Å². The van der Waals surface area contributed by atoms with Gasteiger partial charge in [-0.1, -0.05) is 55.6 Å². The predicted octanol–water partition coefficient (Wildman–Crippen LogP) is 6.35. The topological polar surface area (TPSA) is 47.0 Å². The van der Waals surface area contributed by atoms with E-state index in [1.165, 1.54) is 11.3 Å². The Labute approximate surface area is 175 Å². The summed E-state index contributed by atoms with van der Waals surface area (Å²) in [6.07, 6.45) is 3.01. The van der Waals surface area contributed by atoms with Crippen molar-refractivity contribution in [1.82, 2.24) is 15.3 Å². The lowest BCUT2D eigenvalue weighted by Gasteiger charge is -2.34. The quantitative estimate of drug-likeness (QED) is 0.426.